The second-order valence-electron chi connectivity index (χ2n) is 4.99. The quantitative estimate of drug-likeness (QED) is 0.440. The highest BCUT2D eigenvalue weighted by atomic mass is 16.5. The highest BCUT2D eigenvalue weighted by Gasteiger charge is 2.11. The van der Waals surface area contributed by atoms with E-state index in [9.17, 15) is 19.5 Å². The zero-order valence-electron chi connectivity index (χ0n) is 12.8. The second kappa shape index (κ2) is 7.28. The van der Waals surface area contributed by atoms with Crippen LogP contribution in [0, 0.1) is 0 Å². The van der Waals surface area contributed by atoms with Crippen LogP contribution in [-0.2, 0) is 16.0 Å². The summed E-state index contributed by atoms with van der Waals surface area (Å²) in [5.41, 5.74) is 0.845. The molecule has 0 aromatic heterocycles. The fourth-order valence-electron chi connectivity index (χ4n) is 2.00. The van der Waals surface area contributed by atoms with Crippen LogP contribution >= 0.6 is 0 Å². The van der Waals surface area contributed by atoms with E-state index in [0.717, 1.165) is 0 Å². The number of nitrogens with one attached hydrogen (secondary N) is 1. The number of rotatable bonds is 5. The predicted molar refractivity (Wildman–Crippen MR) is 85.2 cm³/mol. The summed E-state index contributed by atoms with van der Waals surface area (Å²) in [6.07, 6.45) is -0.222. The summed E-state index contributed by atoms with van der Waals surface area (Å²) in [7, 11) is 0. The first kappa shape index (κ1) is 17.0. The van der Waals surface area contributed by atoms with E-state index >= 15 is 0 Å². The van der Waals surface area contributed by atoms with Crippen LogP contribution in [0.15, 0.2) is 42.5 Å². The van der Waals surface area contributed by atoms with E-state index < -0.39 is 17.8 Å². The molecule has 7 heteroatoms. The molecule has 0 aliphatic rings. The minimum atomic E-state index is -1.01. The number of amides is 1. The van der Waals surface area contributed by atoms with Crippen LogP contribution in [-0.4, -0.2) is 28.1 Å². The third-order valence-electron chi connectivity index (χ3n) is 3.04. The van der Waals surface area contributed by atoms with Gasteiger partial charge in [-0.25, -0.2) is 0 Å². The number of phenolic OH excluding ortho intramolecular Hbond substituents is 1. The molecule has 0 radical (unpaired) electrons. The van der Waals surface area contributed by atoms with E-state index in [1.165, 1.54) is 49.4 Å². The number of carboxylic acids is 1. The van der Waals surface area contributed by atoms with Crippen LogP contribution < -0.4 is 10.1 Å². The Bertz CT molecular complexity index is 782. The molecule has 2 aromatic carbocycles. The standard InChI is InChI=1S/C17H15NO6/c1-10(19)24-13-5-3-12(4-6-13)17(23)18-14-8-11(9-16(21)22)2-7-15(14)20/h2-8,20H,9H2,1H3,(H,18,23)(H,21,22). The molecule has 3 N–H and O–H groups in total. The van der Waals surface area contributed by atoms with Gasteiger partial charge in [-0.05, 0) is 42.0 Å². The summed E-state index contributed by atoms with van der Waals surface area (Å²) in [4.78, 5) is 33.8. The molecule has 0 saturated carbocycles. The molecule has 0 saturated heterocycles. The van der Waals surface area contributed by atoms with Gasteiger partial charge in [0.1, 0.15) is 11.5 Å². The van der Waals surface area contributed by atoms with Gasteiger partial charge >= 0.3 is 11.9 Å². The minimum Gasteiger partial charge on any atom is -0.506 e. The lowest BCUT2D eigenvalue weighted by Gasteiger charge is -2.09. The Morgan fingerprint density at radius 3 is 2.33 bits per heavy atom. The Hall–Kier alpha value is -3.35. The van der Waals surface area contributed by atoms with Crippen molar-refractivity contribution in [2.45, 2.75) is 13.3 Å². The van der Waals surface area contributed by atoms with Crippen LogP contribution in [0.4, 0.5) is 5.69 Å². The van der Waals surface area contributed by atoms with E-state index in [-0.39, 0.29) is 23.4 Å². The molecule has 2 aromatic rings. The molecule has 1 amide bonds. The molecule has 0 heterocycles. The van der Waals surface area contributed by atoms with E-state index in [4.69, 9.17) is 9.84 Å². The molecule has 0 spiro atoms. The van der Waals surface area contributed by atoms with E-state index in [2.05, 4.69) is 5.32 Å². The van der Waals surface area contributed by atoms with E-state index in [1.54, 1.807) is 0 Å². The van der Waals surface area contributed by atoms with Crippen LogP contribution in [0.2, 0.25) is 0 Å². The maximum Gasteiger partial charge on any atom is 0.308 e. The topological polar surface area (TPSA) is 113 Å². The van der Waals surface area contributed by atoms with Crippen molar-refractivity contribution in [3.63, 3.8) is 0 Å². The van der Waals surface area contributed by atoms with Crippen LogP contribution in [0.25, 0.3) is 0 Å². The Balaban J connectivity index is 2.14. The third kappa shape index (κ3) is 4.57. The number of hydrogen-bond acceptors (Lipinski definition) is 5. The highest BCUT2D eigenvalue weighted by molar-refractivity contribution is 6.05. The summed E-state index contributed by atoms with van der Waals surface area (Å²) >= 11 is 0. The van der Waals surface area contributed by atoms with Crippen LogP contribution in [0.5, 0.6) is 11.5 Å². The number of carbonyl (C=O) groups excluding carboxylic acids is 2. The predicted octanol–water partition coefficient (Wildman–Crippen LogP) is 2.20. The average molecular weight is 329 g/mol. The minimum absolute atomic E-state index is 0.114. The van der Waals surface area contributed by atoms with Crippen molar-refractivity contribution in [2.24, 2.45) is 0 Å². The van der Waals surface area contributed by atoms with Crippen molar-refractivity contribution in [3.05, 3.63) is 53.6 Å². The third-order valence-corrected chi connectivity index (χ3v) is 3.04. The van der Waals surface area contributed by atoms with Crippen LogP contribution in [0.3, 0.4) is 0 Å². The van der Waals surface area contributed by atoms with Gasteiger partial charge in [-0.15, -0.1) is 0 Å². The van der Waals surface area contributed by atoms with Crippen LogP contribution in [0.1, 0.15) is 22.8 Å². The first-order chi connectivity index (χ1) is 11.3. The number of carbonyl (C=O) groups is 3. The van der Waals surface area contributed by atoms with Crippen molar-refractivity contribution < 1.29 is 29.3 Å². The summed E-state index contributed by atoms with van der Waals surface area (Å²) in [6, 6.07) is 10.0. The summed E-state index contributed by atoms with van der Waals surface area (Å²) in [5, 5.41) is 21.1. The number of phenols is 1. The number of anilines is 1. The number of carboxylic acid groups (broad SMARTS) is 1. The van der Waals surface area contributed by atoms with Gasteiger partial charge in [-0.1, -0.05) is 6.07 Å². The molecule has 24 heavy (non-hydrogen) atoms. The summed E-state index contributed by atoms with van der Waals surface area (Å²) < 4.78 is 4.87. The van der Waals surface area contributed by atoms with Gasteiger partial charge < -0.3 is 20.3 Å². The number of ether oxygens (including phenoxy) is 1. The monoisotopic (exact) mass is 329 g/mol. The molecule has 0 aliphatic carbocycles. The van der Waals surface area contributed by atoms with Gasteiger partial charge in [-0.2, -0.15) is 0 Å². The van der Waals surface area contributed by atoms with Crippen molar-refractivity contribution in [3.8, 4) is 11.5 Å². The van der Waals surface area contributed by atoms with Gasteiger partial charge in [0.15, 0.2) is 0 Å². The van der Waals surface area contributed by atoms with E-state index in [1.807, 2.05) is 0 Å². The molecular weight excluding hydrogens is 314 g/mol. The lowest BCUT2D eigenvalue weighted by atomic mass is 10.1. The second-order valence-corrected chi connectivity index (χ2v) is 4.99. The first-order valence-corrected chi connectivity index (χ1v) is 6.98. The molecule has 0 aliphatic heterocycles. The molecule has 124 valence electrons. The Labute approximate surface area is 137 Å². The number of hydrogen-bond donors (Lipinski definition) is 3. The molecule has 0 fully saturated rings. The largest absolute Gasteiger partial charge is 0.506 e. The molecule has 7 nitrogen and oxygen atoms in total. The lowest BCUT2D eigenvalue weighted by molar-refractivity contribution is -0.136. The normalized spacial score (nSPS) is 10.0. The number of aliphatic carboxylic acids is 1. The van der Waals surface area contributed by atoms with Gasteiger partial charge in [0.05, 0.1) is 12.1 Å². The van der Waals surface area contributed by atoms with Crippen molar-refractivity contribution >= 4 is 23.5 Å². The van der Waals surface area contributed by atoms with Crippen molar-refractivity contribution in [1.29, 1.82) is 0 Å². The number of aromatic hydroxyl groups is 1. The van der Waals surface area contributed by atoms with Crippen molar-refractivity contribution in [2.75, 3.05) is 5.32 Å². The van der Waals surface area contributed by atoms with Gasteiger partial charge in [-0.3, -0.25) is 14.4 Å². The fraction of sp³-hybridized carbons (Fsp3) is 0.118. The smallest absolute Gasteiger partial charge is 0.308 e. The number of esters is 1. The Morgan fingerprint density at radius 1 is 1.08 bits per heavy atom. The summed E-state index contributed by atoms with van der Waals surface area (Å²) in [6.45, 7) is 1.27. The molecule has 0 unspecified atom stereocenters. The highest BCUT2D eigenvalue weighted by Crippen LogP contribution is 2.25. The van der Waals surface area contributed by atoms with E-state index in [0.29, 0.717) is 11.3 Å². The molecular formula is C17H15NO6. The van der Waals surface area contributed by atoms with Gasteiger partial charge in [0.2, 0.25) is 0 Å². The zero-order valence-corrected chi connectivity index (χ0v) is 12.8. The molecule has 0 atom stereocenters. The fourth-order valence-corrected chi connectivity index (χ4v) is 2.00. The van der Waals surface area contributed by atoms with Gasteiger partial charge in [0.25, 0.3) is 5.91 Å². The molecule has 0 bridgehead atoms. The Morgan fingerprint density at radius 2 is 1.75 bits per heavy atom. The SMILES string of the molecule is CC(=O)Oc1ccc(C(=O)Nc2cc(CC(=O)O)ccc2O)cc1. The zero-order chi connectivity index (χ0) is 17.7. The van der Waals surface area contributed by atoms with Gasteiger partial charge in [0, 0.05) is 12.5 Å². The average Bonchev–Trinajstić information content (AvgIpc) is 2.50. The summed E-state index contributed by atoms with van der Waals surface area (Å²) in [5.74, 6) is -1.84. The maximum absolute atomic E-state index is 12.2. The number of benzene rings is 2. The molecule has 2 rings (SSSR count). The Kier molecular flexibility index (Phi) is 5.16. The maximum atomic E-state index is 12.2. The lowest BCUT2D eigenvalue weighted by Crippen LogP contribution is -2.12. The van der Waals surface area contributed by atoms with Crippen molar-refractivity contribution in [1.82, 2.24) is 0 Å². The first-order valence-electron chi connectivity index (χ1n) is 6.98.